The van der Waals surface area contributed by atoms with E-state index in [0.29, 0.717) is 12.5 Å². The molecule has 0 saturated carbocycles. The van der Waals surface area contributed by atoms with Crippen LogP contribution in [-0.4, -0.2) is 23.5 Å². The molecule has 1 unspecified atom stereocenters. The molecule has 0 heterocycles. The van der Waals surface area contributed by atoms with Crippen molar-refractivity contribution in [1.29, 1.82) is 0 Å². The van der Waals surface area contributed by atoms with Gasteiger partial charge in [-0.1, -0.05) is 34.1 Å². The van der Waals surface area contributed by atoms with Gasteiger partial charge in [-0.3, -0.25) is 9.59 Å². The lowest BCUT2D eigenvalue weighted by Crippen LogP contribution is -2.34. The number of hydrogen-bond donors (Lipinski definition) is 2. The maximum atomic E-state index is 11.8. The van der Waals surface area contributed by atoms with Crippen molar-refractivity contribution in [3.8, 4) is 0 Å². The van der Waals surface area contributed by atoms with Crippen molar-refractivity contribution < 1.29 is 14.7 Å². The first-order valence-electron chi connectivity index (χ1n) is 6.86. The topological polar surface area (TPSA) is 66.4 Å². The van der Waals surface area contributed by atoms with E-state index < -0.39 is 5.97 Å². The average molecular weight is 257 g/mol. The summed E-state index contributed by atoms with van der Waals surface area (Å²) in [7, 11) is 0. The Bertz CT molecular complexity index is 264. The second kappa shape index (κ2) is 8.95. The molecule has 1 amide bonds. The third kappa shape index (κ3) is 8.09. The zero-order valence-corrected chi connectivity index (χ0v) is 12.0. The quantitative estimate of drug-likeness (QED) is 0.667. The molecule has 0 aromatic rings. The molecular weight excluding hydrogens is 230 g/mol. The number of carbonyl (C=O) groups is 2. The van der Waals surface area contributed by atoms with Crippen LogP contribution < -0.4 is 5.32 Å². The molecule has 4 heteroatoms. The molecule has 0 rings (SSSR count). The first-order valence-corrected chi connectivity index (χ1v) is 6.86. The minimum absolute atomic E-state index is 0.0135. The summed E-state index contributed by atoms with van der Waals surface area (Å²) in [5.74, 6) is -0.272. The standard InChI is InChI=1S/C14H27NO3/c1-5-6-11(4)14(18)15-9-12(7-10(2)3)8-13(16)17/h10-12H,5-9H2,1-4H3,(H,15,18)(H,16,17)/t11?,12-/m0/s1. The molecule has 106 valence electrons. The third-order valence-electron chi connectivity index (χ3n) is 3.00. The van der Waals surface area contributed by atoms with E-state index in [-0.39, 0.29) is 24.2 Å². The van der Waals surface area contributed by atoms with E-state index in [1.165, 1.54) is 0 Å². The Balaban J connectivity index is 4.16. The molecule has 0 spiro atoms. The fraction of sp³-hybridized carbons (Fsp3) is 0.857. The van der Waals surface area contributed by atoms with Gasteiger partial charge in [0.05, 0.1) is 0 Å². The molecule has 0 saturated heterocycles. The Morgan fingerprint density at radius 1 is 1.22 bits per heavy atom. The normalized spacial score (nSPS) is 14.3. The Hall–Kier alpha value is -1.06. The van der Waals surface area contributed by atoms with Gasteiger partial charge in [0.25, 0.3) is 0 Å². The van der Waals surface area contributed by atoms with Crippen LogP contribution in [0, 0.1) is 17.8 Å². The van der Waals surface area contributed by atoms with E-state index in [0.717, 1.165) is 19.3 Å². The summed E-state index contributed by atoms with van der Waals surface area (Å²) in [6.45, 7) is 8.56. The lowest BCUT2D eigenvalue weighted by Gasteiger charge is -2.19. The molecule has 0 aromatic carbocycles. The van der Waals surface area contributed by atoms with E-state index in [4.69, 9.17) is 5.11 Å². The van der Waals surface area contributed by atoms with E-state index in [2.05, 4.69) is 26.1 Å². The van der Waals surface area contributed by atoms with Crippen molar-refractivity contribution >= 4 is 11.9 Å². The summed E-state index contributed by atoms with van der Waals surface area (Å²) in [5, 5.41) is 11.7. The van der Waals surface area contributed by atoms with Gasteiger partial charge in [0.2, 0.25) is 5.91 Å². The number of nitrogens with one attached hydrogen (secondary N) is 1. The van der Waals surface area contributed by atoms with Crippen molar-refractivity contribution in [2.24, 2.45) is 17.8 Å². The second-order valence-corrected chi connectivity index (χ2v) is 5.53. The van der Waals surface area contributed by atoms with Crippen LogP contribution in [0.2, 0.25) is 0 Å². The zero-order valence-electron chi connectivity index (χ0n) is 12.0. The van der Waals surface area contributed by atoms with Crippen LogP contribution in [0.4, 0.5) is 0 Å². The summed E-state index contributed by atoms with van der Waals surface area (Å²) in [6.07, 6.45) is 2.81. The first kappa shape index (κ1) is 16.9. The highest BCUT2D eigenvalue weighted by Gasteiger charge is 2.18. The van der Waals surface area contributed by atoms with Gasteiger partial charge in [0.1, 0.15) is 0 Å². The highest BCUT2D eigenvalue weighted by molar-refractivity contribution is 5.78. The Labute approximate surface area is 110 Å². The molecule has 0 aromatic heterocycles. The molecule has 0 aliphatic heterocycles. The monoisotopic (exact) mass is 257 g/mol. The van der Waals surface area contributed by atoms with E-state index in [9.17, 15) is 9.59 Å². The summed E-state index contributed by atoms with van der Waals surface area (Å²) in [4.78, 5) is 22.5. The SMILES string of the molecule is CCCC(C)C(=O)NC[C@H](CC(=O)O)CC(C)C. The molecule has 0 radical (unpaired) electrons. The van der Waals surface area contributed by atoms with Gasteiger partial charge < -0.3 is 10.4 Å². The van der Waals surface area contributed by atoms with Crippen LogP contribution in [0.3, 0.4) is 0 Å². The van der Waals surface area contributed by atoms with Gasteiger partial charge in [-0.05, 0) is 24.7 Å². The maximum absolute atomic E-state index is 11.8. The van der Waals surface area contributed by atoms with Gasteiger partial charge in [-0.2, -0.15) is 0 Å². The van der Waals surface area contributed by atoms with Crippen molar-refractivity contribution in [3.05, 3.63) is 0 Å². The molecule has 0 fully saturated rings. The fourth-order valence-corrected chi connectivity index (χ4v) is 2.14. The van der Waals surface area contributed by atoms with Crippen LogP contribution in [0.5, 0.6) is 0 Å². The molecule has 4 nitrogen and oxygen atoms in total. The highest BCUT2D eigenvalue weighted by Crippen LogP contribution is 2.15. The van der Waals surface area contributed by atoms with Gasteiger partial charge in [0.15, 0.2) is 0 Å². The van der Waals surface area contributed by atoms with Gasteiger partial charge in [0, 0.05) is 18.9 Å². The molecule has 2 atom stereocenters. The van der Waals surface area contributed by atoms with Crippen molar-refractivity contribution in [1.82, 2.24) is 5.32 Å². The van der Waals surface area contributed by atoms with Gasteiger partial charge in [-0.15, -0.1) is 0 Å². The molecule has 2 N–H and O–H groups in total. The van der Waals surface area contributed by atoms with E-state index in [1.54, 1.807) is 0 Å². The Kier molecular flexibility index (Phi) is 8.42. The summed E-state index contributed by atoms with van der Waals surface area (Å²) >= 11 is 0. The Morgan fingerprint density at radius 3 is 2.28 bits per heavy atom. The predicted molar refractivity (Wildman–Crippen MR) is 72.3 cm³/mol. The van der Waals surface area contributed by atoms with E-state index >= 15 is 0 Å². The number of aliphatic carboxylic acids is 1. The molecular formula is C14H27NO3. The molecule has 18 heavy (non-hydrogen) atoms. The molecule has 0 aliphatic carbocycles. The number of carboxylic acids is 1. The summed E-state index contributed by atoms with van der Waals surface area (Å²) in [5.41, 5.74) is 0. The van der Waals surface area contributed by atoms with Crippen molar-refractivity contribution in [3.63, 3.8) is 0 Å². The number of amides is 1. The summed E-state index contributed by atoms with van der Waals surface area (Å²) < 4.78 is 0. The largest absolute Gasteiger partial charge is 0.481 e. The molecule has 0 aliphatic rings. The lowest BCUT2D eigenvalue weighted by molar-refractivity contribution is -0.138. The van der Waals surface area contributed by atoms with Crippen LogP contribution >= 0.6 is 0 Å². The van der Waals surface area contributed by atoms with Gasteiger partial charge in [-0.25, -0.2) is 0 Å². The third-order valence-corrected chi connectivity index (χ3v) is 3.00. The average Bonchev–Trinajstić information content (AvgIpc) is 2.24. The Morgan fingerprint density at radius 2 is 1.83 bits per heavy atom. The van der Waals surface area contributed by atoms with Crippen LogP contribution in [0.25, 0.3) is 0 Å². The van der Waals surface area contributed by atoms with Crippen molar-refractivity contribution in [2.45, 2.75) is 53.4 Å². The lowest BCUT2D eigenvalue weighted by atomic mass is 9.94. The fourth-order valence-electron chi connectivity index (χ4n) is 2.14. The maximum Gasteiger partial charge on any atom is 0.303 e. The number of carbonyl (C=O) groups excluding carboxylic acids is 1. The first-order chi connectivity index (χ1) is 8.36. The minimum Gasteiger partial charge on any atom is -0.481 e. The van der Waals surface area contributed by atoms with Crippen molar-refractivity contribution in [2.75, 3.05) is 6.54 Å². The predicted octanol–water partition coefficient (Wildman–Crippen LogP) is 2.68. The summed E-state index contributed by atoms with van der Waals surface area (Å²) in [6, 6.07) is 0. The minimum atomic E-state index is -0.795. The van der Waals surface area contributed by atoms with Crippen LogP contribution in [0.1, 0.15) is 53.4 Å². The van der Waals surface area contributed by atoms with Gasteiger partial charge >= 0.3 is 5.97 Å². The van der Waals surface area contributed by atoms with Crippen LogP contribution in [0.15, 0.2) is 0 Å². The highest BCUT2D eigenvalue weighted by atomic mass is 16.4. The molecule has 0 bridgehead atoms. The zero-order chi connectivity index (χ0) is 14.1. The smallest absolute Gasteiger partial charge is 0.303 e. The van der Waals surface area contributed by atoms with E-state index in [1.807, 2.05) is 6.92 Å². The number of hydrogen-bond acceptors (Lipinski definition) is 2. The number of carboxylic acid groups (broad SMARTS) is 1. The number of rotatable bonds is 9. The second-order valence-electron chi connectivity index (χ2n) is 5.53. The van der Waals surface area contributed by atoms with Crippen LogP contribution in [-0.2, 0) is 9.59 Å².